The number of hydrogen-bond donors (Lipinski definition) is 2. The van der Waals surface area contributed by atoms with Crippen LogP contribution >= 0.6 is 0 Å². The van der Waals surface area contributed by atoms with Gasteiger partial charge in [0.25, 0.3) is 0 Å². The fourth-order valence-electron chi connectivity index (χ4n) is 14.1. The van der Waals surface area contributed by atoms with E-state index in [-0.39, 0.29) is 0 Å². The van der Waals surface area contributed by atoms with E-state index in [1.54, 1.807) is 19.3 Å². The van der Waals surface area contributed by atoms with Gasteiger partial charge in [0.1, 0.15) is 0 Å². The zero-order valence-corrected chi connectivity index (χ0v) is 57.6. The van der Waals surface area contributed by atoms with Gasteiger partial charge in [-0.2, -0.15) is 0 Å². The number of allylic oxidation sites excluding steroid dienone is 2. The van der Waals surface area contributed by atoms with E-state index < -0.39 is 18.0 Å². The molecule has 1 rings (SSSR count). The zero-order chi connectivity index (χ0) is 59.7. The molecule has 0 radical (unpaired) electrons. The molecule has 0 spiro atoms. The van der Waals surface area contributed by atoms with Gasteiger partial charge in [-0.05, 0) is 56.3 Å². The summed E-state index contributed by atoms with van der Waals surface area (Å²) in [7, 11) is 0. The molecule has 0 heterocycles. The molecule has 0 aromatic heterocycles. The maximum absolute atomic E-state index is 11.9. The average molecular weight is 1170 g/mol. The number of aliphatic hydroxyl groups excluding tert-OH is 1. The van der Waals surface area contributed by atoms with Crippen LogP contribution in [0.2, 0.25) is 0 Å². The summed E-state index contributed by atoms with van der Waals surface area (Å²) >= 11 is 0. The van der Waals surface area contributed by atoms with E-state index in [1.165, 1.54) is 385 Å². The van der Waals surface area contributed by atoms with Crippen molar-refractivity contribution in [2.45, 2.75) is 470 Å². The first kappa shape index (κ1) is 80.2. The zero-order valence-electron chi connectivity index (χ0n) is 57.6. The molecule has 83 heavy (non-hydrogen) atoms. The molecular formula is C80H156O3. The highest BCUT2D eigenvalue weighted by atomic mass is 16.4. The van der Waals surface area contributed by atoms with Gasteiger partial charge < -0.3 is 10.2 Å². The SMILES string of the molecule is CCCCCCCCCCCCCCCCCCCCCC[C@H](C(=O)O)[C@H](O)CCCCCCCCCCCCCCCCC[C@@H](C)/C=C\CCCCCCCCCCCCC[C@H]1C[C@@H]1CCCCCCCCCCCCCCCCCC. The second-order valence-electron chi connectivity index (χ2n) is 28.6. The topological polar surface area (TPSA) is 57.5 Å². The number of carbonyl (C=O) groups is 1. The minimum absolute atomic E-state index is 0.584. The first-order chi connectivity index (χ1) is 41.0. The molecule has 3 nitrogen and oxygen atoms in total. The van der Waals surface area contributed by atoms with Crippen LogP contribution in [0, 0.1) is 23.7 Å². The van der Waals surface area contributed by atoms with E-state index in [0.717, 1.165) is 43.4 Å². The molecule has 1 saturated carbocycles. The number of aliphatic hydroxyl groups is 1. The Morgan fingerprint density at radius 2 is 0.554 bits per heavy atom. The smallest absolute Gasteiger partial charge is 0.309 e. The molecule has 1 aliphatic carbocycles. The van der Waals surface area contributed by atoms with Crippen LogP contribution in [0.1, 0.15) is 464 Å². The summed E-state index contributed by atoms with van der Waals surface area (Å²) in [4.78, 5) is 11.9. The maximum Gasteiger partial charge on any atom is 0.309 e. The van der Waals surface area contributed by atoms with Gasteiger partial charge in [-0.3, -0.25) is 4.79 Å². The third-order valence-electron chi connectivity index (χ3n) is 20.2. The van der Waals surface area contributed by atoms with Crippen LogP contribution in [0.4, 0.5) is 0 Å². The predicted molar refractivity (Wildman–Crippen MR) is 372 cm³/mol. The standard InChI is InChI=1S/C80H156O3/c1-4-6-8-10-12-14-16-18-20-22-23-24-25-29-36-42-48-54-60-66-72-78(80(82)83)79(81)73-67-61-55-49-43-37-30-26-27-32-38-44-50-56-62-68-75(3)69-63-57-51-45-39-33-31-35-41-47-53-59-65-71-77-74-76(77)70-64-58-52-46-40-34-28-21-19-17-15-13-11-9-7-5-2/h63,69,75-79,81H,4-62,64-68,70-74H2,1-3H3,(H,82,83)/b69-63-/t75-,76+,77+,78+,79-/m1/s1. The number of rotatable bonds is 73. The van der Waals surface area contributed by atoms with Crippen molar-refractivity contribution in [3.63, 3.8) is 0 Å². The third-order valence-corrected chi connectivity index (χ3v) is 20.2. The van der Waals surface area contributed by atoms with Crippen molar-refractivity contribution in [2.24, 2.45) is 23.7 Å². The van der Waals surface area contributed by atoms with Crippen molar-refractivity contribution >= 4 is 5.97 Å². The van der Waals surface area contributed by atoms with Gasteiger partial charge in [-0.15, -0.1) is 0 Å². The number of aliphatic carboxylic acids is 1. The van der Waals surface area contributed by atoms with Gasteiger partial charge in [-0.25, -0.2) is 0 Å². The fraction of sp³-hybridized carbons (Fsp3) is 0.963. The van der Waals surface area contributed by atoms with Crippen LogP contribution in [0.15, 0.2) is 12.2 Å². The van der Waals surface area contributed by atoms with E-state index in [0.29, 0.717) is 12.8 Å². The number of unbranched alkanes of at least 4 members (excludes halogenated alkanes) is 59. The lowest BCUT2D eigenvalue weighted by Crippen LogP contribution is -2.28. The van der Waals surface area contributed by atoms with E-state index in [9.17, 15) is 15.0 Å². The Bertz CT molecular complexity index is 1260. The fourth-order valence-corrected chi connectivity index (χ4v) is 14.1. The lowest BCUT2D eigenvalue weighted by Gasteiger charge is -2.19. The molecule has 0 aromatic rings. The predicted octanol–water partition coefficient (Wildman–Crippen LogP) is 28.4. The van der Waals surface area contributed by atoms with E-state index >= 15 is 0 Å². The largest absolute Gasteiger partial charge is 0.481 e. The molecule has 5 atom stereocenters. The molecule has 0 aliphatic heterocycles. The molecule has 1 fully saturated rings. The molecule has 494 valence electrons. The second kappa shape index (κ2) is 67.1. The van der Waals surface area contributed by atoms with Crippen LogP contribution in [-0.4, -0.2) is 22.3 Å². The molecule has 0 unspecified atom stereocenters. The minimum Gasteiger partial charge on any atom is -0.481 e. The molecule has 3 heteroatoms. The summed E-state index contributed by atoms with van der Waals surface area (Å²) in [6.45, 7) is 7.04. The number of carboxylic acids is 1. The molecule has 1 aliphatic rings. The maximum atomic E-state index is 11.9. The monoisotopic (exact) mass is 1170 g/mol. The summed E-state index contributed by atoms with van der Waals surface area (Å²) < 4.78 is 0. The summed E-state index contributed by atoms with van der Waals surface area (Å²) in [5.74, 6) is 1.59. The Labute approximate surface area is 524 Å². The molecular weight excluding hydrogens is 1010 g/mol. The van der Waals surface area contributed by atoms with Gasteiger partial charge >= 0.3 is 5.97 Å². The summed E-state index contributed by atoms with van der Waals surface area (Å²) in [5, 5.41) is 20.5. The third kappa shape index (κ3) is 61.2. The first-order valence-electron chi connectivity index (χ1n) is 39.6. The Hall–Kier alpha value is -0.830. The number of hydrogen-bond acceptors (Lipinski definition) is 2. The molecule has 2 N–H and O–H groups in total. The van der Waals surface area contributed by atoms with Crippen molar-refractivity contribution in [3.8, 4) is 0 Å². The normalized spacial score (nSPS) is 15.5. The minimum atomic E-state index is -0.800. The van der Waals surface area contributed by atoms with Gasteiger partial charge in [0.05, 0.1) is 12.0 Å². The van der Waals surface area contributed by atoms with Crippen molar-refractivity contribution in [1.82, 2.24) is 0 Å². The summed E-state index contributed by atoms with van der Waals surface area (Å²) in [6.07, 6.45) is 99.7. The highest BCUT2D eigenvalue weighted by Gasteiger charge is 2.35. The number of carboxylic acid groups (broad SMARTS) is 1. The van der Waals surface area contributed by atoms with Gasteiger partial charge in [0.15, 0.2) is 0 Å². The van der Waals surface area contributed by atoms with Gasteiger partial charge in [-0.1, -0.05) is 437 Å². The van der Waals surface area contributed by atoms with Crippen molar-refractivity contribution in [1.29, 1.82) is 0 Å². The summed E-state index contributed by atoms with van der Waals surface area (Å²) in [5.41, 5.74) is 0. The molecule has 0 bridgehead atoms. The first-order valence-corrected chi connectivity index (χ1v) is 39.6. The van der Waals surface area contributed by atoms with E-state index in [2.05, 4.69) is 32.9 Å². The Morgan fingerprint density at radius 1 is 0.325 bits per heavy atom. The highest BCUT2D eigenvalue weighted by molar-refractivity contribution is 5.70. The molecule has 0 saturated heterocycles. The van der Waals surface area contributed by atoms with Crippen LogP contribution in [0.5, 0.6) is 0 Å². The molecule has 0 amide bonds. The lowest BCUT2D eigenvalue weighted by atomic mass is 9.91. The van der Waals surface area contributed by atoms with Crippen molar-refractivity contribution in [2.75, 3.05) is 0 Å². The second-order valence-corrected chi connectivity index (χ2v) is 28.6. The van der Waals surface area contributed by atoms with Crippen LogP contribution < -0.4 is 0 Å². The Balaban J connectivity index is 1.75. The lowest BCUT2D eigenvalue weighted by molar-refractivity contribution is -0.146. The van der Waals surface area contributed by atoms with Crippen molar-refractivity contribution in [3.05, 3.63) is 12.2 Å². The van der Waals surface area contributed by atoms with E-state index in [4.69, 9.17) is 0 Å². The van der Waals surface area contributed by atoms with Crippen molar-refractivity contribution < 1.29 is 15.0 Å². The Kier molecular flexibility index (Phi) is 64.8. The van der Waals surface area contributed by atoms with Crippen LogP contribution in [-0.2, 0) is 4.79 Å². The van der Waals surface area contributed by atoms with Crippen LogP contribution in [0.3, 0.4) is 0 Å². The van der Waals surface area contributed by atoms with E-state index in [1.807, 2.05) is 0 Å². The molecule has 0 aromatic carbocycles. The van der Waals surface area contributed by atoms with Crippen LogP contribution in [0.25, 0.3) is 0 Å². The summed E-state index contributed by atoms with van der Waals surface area (Å²) in [6, 6.07) is 0. The van der Waals surface area contributed by atoms with Gasteiger partial charge in [0.2, 0.25) is 0 Å². The Morgan fingerprint density at radius 3 is 0.831 bits per heavy atom. The highest BCUT2D eigenvalue weighted by Crippen LogP contribution is 2.46. The quantitative estimate of drug-likeness (QED) is 0.0471. The average Bonchev–Trinajstić information content (AvgIpc) is 4.46. The van der Waals surface area contributed by atoms with Gasteiger partial charge in [0, 0.05) is 0 Å².